The van der Waals surface area contributed by atoms with E-state index in [-0.39, 0.29) is 12.3 Å². The molecular weight excluding hydrogens is 329 g/mol. The van der Waals surface area contributed by atoms with Crippen LogP contribution in [0.5, 0.6) is 0 Å². The summed E-state index contributed by atoms with van der Waals surface area (Å²) in [7, 11) is -1.17. The number of benzene rings is 2. The monoisotopic (exact) mass is 339 g/mol. The summed E-state index contributed by atoms with van der Waals surface area (Å²) in [6.45, 7) is 0.191. The Hall–Kier alpha value is -2.39. The van der Waals surface area contributed by atoms with Crippen LogP contribution >= 0.6 is 0 Å². The van der Waals surface area contributed by atoms with Gasteiger partial charge in [0, 0.05) is 5.69 Å². The zero-order valence-electron chi connectivity index (χ0n) is 12.0. The SMILES string of the molecule is O=C(Nc1ccc2c(c1)B(O)OC2)c1c(F)cccc1C(F)(F)F. The first-order valence-corrected chi connectivity index (χ1v) is 6.87. The van der Waals surface area contributed by atoms with E-state index in [0.29, 0.717) is 17.1 Å². The minimum absolute atomic E-state index is 0.125. The number of hydrogen-bond donors (Lipinski definition) is 2. The fraction of sp³-hybridized carbons (Fsp3) is 0.133. The number of carbonyl (C=O) groups is 1. The van der Waals surface area contributed by atoms with Gasteiger partial charge in [0.15, 0.2) is 0 Å². The minimum Gasteiger partial charge on any atom is -0.423 e. The van der Waals surface area contributed by atoms with Gasteiger partial charge in [-0.15, -0.1) is 0 Å². The highest BCUT2D eigenvalue weighted by Crippen LogP contribution is 2.33. The molecule has 124 valence electrons. The molecule has 0 radical (unpaired) electrons. The summed E-state index contributed by atoms with van der Waals surface area (Å²) >= 11 is 0. The molecule has 1 aliphatic rings. The normalized spacial score (nSPS) is 13.8. The van der Waals surface area contributed by atoms with Crippen molar-refractivity contribution in [2.24, 2.45) is 0 Å². The number of amides is 1. The molecule has 2 N–H and O–H groups in total. The Morgan fingerprint density at radius 3 is 2.71 bits per heavy atom. The van der Waals surface area contributed by atoms with E-state index in [2.05, 4.69) is 5.32 Å². The molecule has 2 aromatic carbocycles. The van der Waals surface area contributed by atoms with Crippen molar-refractivity contribution < 1.29 is 32.0 Å². The van der Waals surface area contributed by atoms with E-state index in [9.17, 15) is 27.4 Å². The van der Waals surface area contributed by atoms with Gasteiger partial charge >= 0.3 is 13.3 Å². The van der Waals surface area contributed by atoms with Gasteiger partial charge in [0.25, 0.3) is 5.91 Å². The van der Waals surface area contributed by atoms with Crippen LogP contribution in [0.15, 0.2) is 36.4 Å². The Balaban J connectivity index is 1.93. The molecule has 0 saturated heterocycles. The smallest absolute Gasteiger partial charge is 0.423 e. The predicted molar refractivity (Wildman–Crippen MR) is 78.2 cm³/mol. The fourth-order valence-electron chi connectivity index (χ4n) is 2.48. The number of carbonyl (C=O) groups excluding carboxylic acids is 1. The average molecular weight is 339 g/mol. The van der Waals surface area contributed by atoms with Gasteiger partial charge in [-0.05, 0) is 35.3 Å². The molecule has 0 atom stereocenters. The number of anilines is 1. The molecule has 0 aliphatic carbocycles. The zero-order valence-corrected chi connectivity index (χ0v) is 12.0. The summed E-state index contributed by atoms with van der Waals surface area (Å²) in [4.78, 5) is 12.1. The highest BCUT2D eigenvalue weighted by Gasteiger charge is 2.37. The van der Waals surface area contributed by atoms with Gasteiger partial charge in [-0.3, -0.25) is 4.79 Å². The van der Waals surface area contributed by atoms with E-state index in [1.807, 2.05) is 0 Å². The summed E-state index contributed by atoms with van der Waals surface area (Å²) in [6, 6.07) is 6.68. The molecule has 4 nitrogen and oxygen atoms in total. The van der Waals surface area contributed by atoms with Crippen molar-refractivity contribution in [3.8, 4) is 0 Å². The second-order valence-corrected chi connectivity index (χ2v) is 5.19. The van der Waals surface area contributed by atoms with Gasteiger partial charge in [-0.2, -0.15) is 13.2 Å². The summed E-state index contributed by atoms with van der Waals surface area (Å²) in [6.07, 6.45) is -4.86. The van der Waals surface area contributed by atoms with Crippen LogP contribution in [0, 0.1) is 5.82 Å². The molecule has 0 bridgehead atoms. The maximum atomic E-state index is 13.8. The van der Waals surface area contributed by atoms with Crippen LogP contribution in [0.25, 0.3) is 0 Å². The highest BCUT2D eigenvalue weighted by atomic mass is 19.4. The molecule has 0 saturated carbocycles. The fourth-order valence-corrected chi connectivity index (χ4v) is 2.48. The van der Waals surface area contributed by atoms with E-state index in [0.717, 1.165) is 12.1 Å². The first-order valence-electron chi connectivity index (χ1n) is 6.87. The molecule has 0 aromatic heterocycles. The molecule has 0 unspecified atom stereocenters. The van der Waals surface area contributed by atoms with E-state index < -0.39 is 36.1 Å². The second kappa shape index (κ2) is 5.92. The Kier molecular flexibility index (Phi) is 4.06. The Bertz CT molecular complexity index is 810. The van der Waals surface area contributed by atoms with Crippen molar-refractivity contribution in [3.05, 3.63) is 58.9 Å². The van der Waals surface area contributed by atoms with Crippen LogP contribution < -0.4 is 10.8 Å². The maximum Gasteiger partial charge on any atom is 0.491 e. The van der Waals surface area contributed by atoms with E-state index in [4.69, 9.17) is 4.65 Å². The van der Waals surface area contributed by atoms with E-state index >= 15 is 0 Å². The van der Waals surface area contributed by atoms with Crippen molar-refractivity contribution in [1.29, 1.82) is 0 Å². The Morgan fingerprint density at radius 2 is 2.00 bits per heavy atom. The number of rotatable bonds is 2. The first kappa shape index (κ1) is 16.5. The molecular formula is C15H10BF4NO3. The quantitative estimate of drug-likeness (QED) is 0.652. The van der Waals surface area contributed by atoms with Crippen LogP contribution in [-0.2, 0) is 17.4 Å². The van der Waals surface area contributed by atoms with E-state index in [1.165, 1.54) is 12.1 Å². The van der Waals surface area contributed by atoms with Crippen LogP contribution in [0.1, 0.15) is 21.5 Å². The summed E-state index contributed by atoms with van der Waals surface area (Å²) in [5, 5.41) is 11.8. The lowest BCUT2D eigenvalue weighted by Gasteiger charge is -2.14. The number of fused-ring (bicyclic) bond motifs is 1. The molecule has 1 heterocycles. The summed E-state index contributed by atoms with van der Waals surface area (Å²) in [5.74, 6) is -2.50. The van der Waals surface area contributed by atoms with Gasteiger partial charge in [0.2, 0.25) is 0 Å². The van der Waals surface area contributed by atoms with Crippen molar-refractivity contribution in [2.45, 2.75) is 12.8 Å². The first-order chi connectivity index (χ1) is 11.3. The lowest BCUT2D eigenvalue weighted by molar-refractivity contribution is -0.138. The van der Waals surface area contributed by atoms with Gasteiger partial charge < -0.3 is 15.0 Å². The average Bonchev–Trinajstić information content (AvgIpc) is 2.87. The van der Waals surface area contributed by atoms with Crippen LogP contribution in [0.4, 0.5) is 23.2 Å². The number of alkyl halides is 3. The number of nitrogens with one attached hydrogen (secondary N) is 1. The summed E-state index contributed by atoms with van der Waals surface area (Å²) in [5.41, 5.74) is -1.22. The molecule has 1 amide bonds. The third kappa shape index (κ3) is 3.00. The lowest BCUT2D eigenvalue weighted by atomic mass is 9.79. The van der Waals surface area contributed by atoms with Gasteiger partial charge in [0.1, 0.15) is 5.82 Å². The molecule has 9 heteroatoms. The van der Waals surface area contributed by atoms with Crippen molar-refractivity contribution in [3.63, 3.8) is 0 Å². The highest BCUT2D eigenvalue weighted by molar-refractivity contribution is 6.61. The molecule has 1 aliphatic heterocycles. The molecule has 2 aromatic rings. The largest absolute Gasteiger partial charge is 0.491 e. The zero-order chi connectivity index (χ0) is 17.5. The molecule has 0 fully saturated rings. The second-order valence-electron chi connectivity index (χ2n) is 5.19. The van der Waals surface area contributed by atoms with Gasteiger partial charge in [0.05, 0.1) is 17.7 Å². The van der Waals surface area contributed by atoms with Crippen molar-refractivity contribution in [2.75, 3.05) is 5.32 Å². The molecule has 24 heavy (non-hydrogen) atoms. The maximum absolute atomic E-state index is 13.8. The Labute approximate surface area is 134 Å². The van der Waals surface area contributed by atoms with Crippen molar-refractivity contribution >= 4 is 24.2 Å². The van der Waals surface area contributed by atoms with Crippen LogP contribution in [-0.4, -0.2) is 18.0 Å². The van der Waals surface area contributed by atoms with Crippen LogP contribution in [0.2, 0.25) is 0 Å². The lowest BCUT2D eigenvalue weighted by Crippen LogP contribution is -2.28. The summed E-state index contributed by atoms with van der Waals surface area (Å²) < 4.78 is 57.7. The third-order valence-electron chi connectivity index (χ3n) is 3.61. The van der Waals surface area contributed by atoms with Crippen LogP contribution in [0.3, 0.4) is 0 Å². The molecule has 3 rings (SSSR count). The minimum atomic E-state index is -4.86. The van der Waals surface area contributed by atoms with Crippen molar-refractivity contribution in [1.82, 2.24) is 0 Å². The van der Waals surface area contributed by atoms with Gasteiger partial charge in [-0.25, -0.2) is 4.39 Å². The molecule has 0 spiro atoms. The predicted octanol–water partition coefficient (Wildman–Crippen LogP) is 2.31. The number of hydrogen-bond acceptors (Lipinski definition) is 3. The standard InChI is InChI=1S/C15H10BF4NO3/c17-12-3-1-2-10(15(18,19)20)13(12)14(22)21-9-5-4-8-7-24-16(23)11(8)6-9/h1-6,23H,7H2,(H,21,22). The topological polar surface area (TPSA) is 58.6 Å². The third-order valence-corrected chi connectivity index (χ3v) is 3.61. The Morgan fingerprint density at radius 1 is 1.25 bits per heavy atom. The van der Waals surface area contributed by atoms with E-state index in [1.54, 1.807) is 6.07 Å². The van der Waals surface area contributed by atoms with Gasteiger partial charge in [-0.1, -0.05) is 12.1 Å². The number of halogens is 4.